The highest BCUT2D eigenvalue weighted by Gasteiger charge is 2.30. The van der Waals surface area contributed by atoms with Crippen molar-refractivity contribution in [1.82, 2.24) is 0 Å². The quantitative estimate of drug-likeness (QED) is 0.918. The lowest BCUT2D eigenvalue weighted by molar-refractivity contribution is -0.144. The standard InChI is InChI=1S/C12H15BrO2S/c13-9-6-10(16-7-9)5-8-3-1-2-4-11(8)12(14)15/h6-8,11H,1-5H2,(H,14,15). The first-order valence-corrected chi connectivity index (χ1v) is 7.30. The van der Waals surface area contributed by atoms with Crippen LogP contribution in [0.4, 0.5) is 0 Å². The van der Waals surface area contributed by atoms with Gasteiger partial charge in [0.2, 0.25) is 0 Å². The average molecular weight is 303 g/mol. The van der Waals surface area contributed by atoms with Crippen LogP contribution in [0.15, 0.2) is 15.9 Å². The lowest BCUT2D eigenvalue weighted by Gasteiger charge is -2.28. The number of hydrogen-bond acceptors (Lipinski definition) is 2. The normalized spacial score (nSPS) is 25.6. The number of carbonyl (C=O) groups is 1. The molecule has 0 bridgehead atoms. The zero-order valence-corrected chi connectivity index (χ0v) is 11.4. The maximum absolute atomic E-state index is 11.2. The Morgan fingerprint density at radius 3 is 2.88 bits per heavy atom. The SMILES string of the molecule is O=C(O)C1CCCCC1Cc1cc(Br)cs1. The molecule has 1 fully saturated rings. The summed E-state index contributed by atoms with van der Waals surface area (Å²) in [6.07, 6.45) is 5.09. The molecule has 1 aliphatic carbocycles. The van der Waals surface area contributed by atoms with E-state index < -0.39 is 5.97 Å². The summed E-state index contributed by atoms with van der Waals surface area (Å²) in [5, 5.41) is 11.2. The summed E-state index contributed by atoms with van der Waals surface area (Å²) in [6.45, 7) is 0. The summed E-state index contributed by atoms with van der Waals surface area (Å²) in [7, 11) is 0. The van der Waals surface area contributed by atoms with Gasteiger partial charge in [-0.1, -0.05) is 12.8 Å². The molecule has 88 valence electrons. The van der Waals surface area contributed by atoms with Crippen LogP contribution in [0.25, 0.3) is 0 Å². The van der Waals surface area contributed by atoms with Crippen molar-refractivity contribution in [2.75, 3.05) is 0 Å². The lowest BCUT2D eigenvalue weighted by atomic mass is 9.77. The van der Waals surface area contributed by atoms with Gasteiger partial charge in [-0.05, 0) is 47.2 Å². The third-order valence-electron chi connectivity index (χ3n) is 3.31. The van der Waals surface area contributed by atoms with Crippen LogP contribution in [-0.4, -0.2) is 11.1 Å². The Morgan fingerprint density at radius 1 is 1.50 bits per heavy atom. The van der Waals surface area contributed by atoms with Crippen molar-refractivity contribution < 1.29 is 9.90 Å². The molecule has 0 aliphatic heterocycles. The van der Waals surface area contributed by atoms with Gasteiger partial charge in [-0.3, -0.25) is 4.79 Å². The van der Waals surface area contributed by atoms with Gasteiger partial charge < -0.3 is 5.11 Å². The number of rotatable bonds is 3. The molecule has 1 aromatic heterocycles. The fraction of sp³-hybridized carbons (Fsp3) is 0.583. The molecule has 1 aliphatic rings. The Morgan fingerprint density at radius 2 is 2.25 bits per heavy atom. The number of hydrogen-bond donors (Lipinski definition) is 1. The van der Waals surface area contributed by atoms with Crippen molar-refractivity contribution in [3.8, 4) is 0 Å². The van der Waals surface area contributed by atoms with Crippen LogP contribution in [0, 0.1) is 11.8 Å². The highest BCUT2D eigenvalue weighted by atomic mass is 79.9. The van der Waals surface area contributed by atoms with E-state index in [0.717, 1.165) is 30.2 Å². The highest BCUT2D eigenvalue weighted by molar-refractivity contribution is 9.10. The molecule has 2 rings (SSSR count). The summed E-state index contributed by atoms with van der Waals surface area (Å²) in [4.78, 5) is 12.5. The molecule has 1 heterocycles. The summed E-state index contributed by atoms with van der Waals surface area (Å²) in [5.41, 5.74) is 0. The first-order valence-electron chi connectivity index (χ1n) is 5.62. The van der Waals surface area contributed by atoms with Crippen LogP contribution < -0.4 is 0 Å². The minimum atomic E-state index is -0.611. The molecule has 0 saturated heterocycles. The van der Waals surface area contributed by atoms with Crippen LogP contribution in [0.5, 0.6) is 0 Å². The maximum atomic E-state index is 11.2. The first-order chi connectivity index (χ1) is 7.66. The highest BCUT2D eigenvalue weighted by Crippen LogP contribution is 2.34. The van der Waals surface area contributed by atoms with E-state index in [0.29, 0.717) is 5.92 Å². The third kappa shape index (κ3) is 2.86. The Hall–Kier alpha value is -0.350. The molecule has 0 spiro atoms. The molecular weight excluding hydrogens is 288 g/mol. The summed E-state index contributed by atoms with van der Waals surface area (Å²) in [6, 6.07) is 2.11. The van der Waals surface area contributed by atoms with Crippen LogP contribution >= 0.6 is 27.3 Å². The first kappa shape index (κ1) is 12.1. The predicted molar refractivity (Wildman–Crippen MR) is 68.8 cm³/mol. The average Bonchev–Trinajstić information content (AvgIpc) is 2.64. The molecule has 16 heavy (non-hydrogen) atoms. The van der Waals surface area contributed by atoms with Crippen molar-refractivity contribution in [2.24, 2.45) is 11.8 Å². The monoisotopic (exact) mass is 302 g/mol. The number of carboxylic acids is 1. The smallest absolute Gasteiger partial charge is 0.306 e. The second-order valence-corrected chi connectivity index (χ2v) is 6.34. The molecular formula is C12H15BrO2S. The molecule has 2 atom stereocenters. The molecule has 1 aromatic rings. The van der Waals surface area contributed by atoms with Crippen molar-refractivity contribution in [3.63, 3.8) is 0 Å². The van der Waals surface area contributed by atoms with Gasteiger partial charge in [-0.25, -0.2) is 0 Å². The van der Waals surface area contributed by atoms with Crippen LogP contribution in [0.3, 0.4) is 0 Å². The fourth-order valence-corrected chi connectivity index (χ4v) is 4.04. The van der Waals surface area contributed by atoms with Crippen LogP contribution in [0.2, 0.25) is 0 Å². The second kappa shape index (κ2) is 5.32. The van der Waals surface area contributed by atoms with Crippen LogP contribution in [-0.2, 0) is 11.2 Å². The Bertz CT molecular complexity index is 375. The minimum absolute atomic E-state index is 0.130. The largest absolute Gasteiger partial charge is 0.481 e. The van der Waals surface area contributed by atoms with Crippen molar-refractivity contribution in [3.05, 3.63) is 20.8 Å². The van der Waals surface area contributed by atoms with Gasteiger partial charge in [0.25, 0.3) is 0 Å². The van der Waals surface area contributed by atoms with Gasteiger partial charge in [0.15, 0.2) is 0 Å². The maximum Gasteiger partial charge on any atom is 0.306 e. The van der Waals surface area contributed by atoms with E-state index in [1.165, 1.54) is 11.3 Å². The summed E-state index contributed by atoms with van der Waals surface area (Å²) < 4.78 is 1.11. The van der Waals surface area contributed by atoms with Crippen molar-refractivity contribution >= 4 is 33.2 Å². The molecule has 0 aromatic carbocycles. The molecule has 4 heteroatoms. The molecule has 0 amide bonds. The van der Waals surface area contributed by atoms with Gasteiger partial charge in [0.1, 0.15) is 0 Å². The Kier molecular flexibility index (Phi) is 4.03. The zero-order valence-electron chi connectivity index (χ0n) is 8.99. The number of aliphatic carboxylic acids is 1. The van der Waals surface area contributed by atoms with Gasteiger partial charge in [0.05, 0.1) is 5.92 Å². The van der Waals surface area contributed by atoms with E-state index in [1.807, 2.05) is 0 Å². The van der Waals surface area contributed by atoms with Crippen molar-refractivity contribution in [2.45, 2.75) is 32.1 Å². The number of halogens is 1. The van der Waals surface area contributed by atoms with E-state index in [-0.39, 0.29) is 5.92 Å². The van der Waals surface area contributed by atoms with E-state index in [1.54, 1.807) is 11.3 Å². The summed E-state index contributed by atoms with van der Waals surface area (Å²) in [5.74, 6) is -0.410. The Labute approximate surface area is 108 Å². The molecule has 0 radical (unpaired) electrons. The van der Waals surface area contributed by atoms with E-state index in [4.69, 9.17) is 0 Å². The van der Waals surface area contributed by atoms with E-state index in [2.05, 4.69) is 27.4 Å². The predicted octanol–water partition coefficient (Wildman–Crippen LogP) is 3.94. The molecule has 2 nitrogen and oxygen atoms in total. The molecule has 2 unspecified atom stereocenters. The topological polar surface area (TPSA) is 37.3 Å². The third-order valence-corrected chi connectivity index (χ3v) is 5.03. The zero-order chi connectivity index (χ0) is 11.5. The lowest BCUT2D eigenvalue weighted by Crippen LogP contribution is -2.28. The van der Waals surface area contributed by atoms with Gasteiger partial charge in [-0.15, -0.1) is 11.3 Å². The van der Waals surface area contributed by atoms with Gasteiger partial charge in [-0.2, -0.15) is 0 Å². The molecule has 1 saturated carbocycles. The minimum Gasteiger partial charge on any atom is -0.481 e. The van der Waals surface area contributed by atoms with Gasteiger partial charge in [0, 0.05) is 14.7 Å². The number of thiophene rings is 1. The summed E-state index contributed by atoms with van der Waals surface area (Å²) >= 11 is 5.15. The number of carboxylic acid groups (broad SMARTS) is 1. The fourth-order valence-electron chi connectivity index (χ4n) is 2.50. The molecule has 1 N–H and O–H groups in total. The van der Waals surface area contributed by atoms with E-state index >= 15 is 0 Å². The Balaban J connectivity index is 2.03. The van der Waals surface area contributed by atoms with Crippen LogP contribution in [0.1, 0.15) is 30.6 Å². The van der Waals surface area contributed by atoms with Crippen molar-refractivity contribution in [1.29, 1.82) is 0 Å². The van der Waals surface area contributed by atoms with Gasteiger partial charge >= 0.3 is 5.97 Å². The second-order valence-electron chi connectivity index (χ2n) is 4.42. The van der Waals surface area contributed by atoms with E-state index in [9.17, 15) is 9.90 Å².